The summed E-state index contributed by atoms with van der Waals surface area (Å²) in [5.74, 6) is -0.272. The van der Waals surface area contributed by atoms with Gasteiger partial charge < -0.3 is 14.8 Å². The van der Waals surface area contributed by atoms with E-state index < -0.39 is 0 Å². The first-order valence-electron chi connectivity index (χ1n) is 5.25. The van der Waals surface area contributed by atoms with Gasteiger partial charge in [0.15, 0.2) is 0 Å². The van der Waals surface area contributed by atoms with Crippen LogP contribution in [-0.2, 0) is 14.3 Å². The Morgan fingerprint density at radius 1 is 1.47 bits per heavy atom. The molecule has 0 aliphatic carbocycles. The number of ether oxygens (including phenoxy) is 2. The second-order valence-corrected chi connectivity index (χ2v) is 3.13. The molecule has 0 aromatic heterocycles. The van der Waals surface area contributed by atoms with Crippen LogP contribution in [-0.4, -0.2) is 39.4 Å². The highest BCUT2D eigenvalue weighted by Crippen LogP contribution is 1.93. The highest BCUT2D eigenvalue weighted by molar-refractivity contribution is 5.87. The van der Waals surface area contributed by atoms with Gasteiger partial charge in [0.25, 0.3) is 0 Å². The molecule has 0 aromatic carbocycles. The molecule has 0 bridgehead atoms. The number of carbonyl (C=O) groups is 1. The van der Waals surface area contributed by atoms with Crippen LogP contribution in [0.2, 0.25) is 0 Å². The molecule has 0 atom stereocenters. The van der Waals surface area contributed by atoms with E-state index in [1.54, 1.807) is 6.92 Å². The Hall–Kier alpha value is -0.870. The monoisotopic (exact) mass is 215 g/mol. The van der Waals surface area contributed by atoms with Crippen molar-refractivity contribution in [3.05, 3.63) is 11.6 Å². The van der Waals surface area contributed by atoms with Gasteiger partial charge in [-0.2, -0.15) is 0 Å². The lowest BCUT2D eigenvalue weighted by Gasteiger charge is -2.03. The van der Waals surface area contributed by atoms with Gasteiger partial charge in [-0.15, -0.1) is 0 Å². The van der Waals surface area contributed by atoms with Crippen LogP contribution in [0.3, 0.4) is 0 Å². The molecule has 0 aliphatic rings. The summed E-state index contributed by atoms with van der Waals surface area (Å²) in [5.41, 5.74) is 0.634. The molecule has 0 spiro atoms. The maximum absolute atomic E-state index is 11.0. The van der Waals surface area contributed by atoms with Gasteiger partial charge in [0.2, 0.25) is 0 Å². The van der Waals surface area contributed by atoms with Crippen LogP contribution < -0.4 is 5.32 Å². The van der Waals surface area contributed by atoms with E-state index >= 15 is 0 Å². The van der Waals surface area contributed by atoms with Crippen LogP contribution in [0.5, 0.6) is 0 Å². The van der Waals surface area contributed by atoms with E-state index in [0.717, 1.165) is 26.2 Å². The molecule has 4 nitrogen and oxygen atoms in total. The Bertz CT molecular complexity index is 202. The van der Waals surface area contributed by atoms with Gasteiger partial charge in [0, 0.05) is 25.3 Å². The highest BCUT2D eigenvalue weighted by atomic mass is 16.5. The average molecular weight is 215 g/mol. The molecule has 1 N–H and O–H groups in total. The van der Waals surface area contributed by atoms with Crippen molar-refractivity contribution in [2.45, 2.75) is 20.3 Å². The van der Waals surface area contributed by atoms with Gasteiger partial charge in [0.1, 0.15) is 0 Å². The van der Waals surface area contributed by atoms with Crippen LogP contribution in [0.15, 0.2) is 11.6 Å². The van der Waals surface area contributed by atoms with Gasteiger partial charge in [0.05, 0.1) is 7.11 Å². The Morgan fingerprint density at radius 2 is 2.20 bits per heavy atom. The zero-order chi connectivity index (χ0) is 11.5. The molecule has 0 aromatic rings. The van der Waals surface area contributed by atoms with Crippen LogP contribution >= 0.6 is 0 Å². The number of nitrogens with one attached hydrogen (secondary N) is 1. The molecule has 0 saturated heterocycles. The van der Waals surface area contributed by atoms with Crippen LogP contribution in [0.4, 0.5) is 0 Å². The van der Waals surface area contributed by atoms with Crippen molar-refractivity contribution < 1.29 is 14.3 Å². The van der Waals surface area contributed by atoms with E-state index in [9.17, 15) is 4.79 Å². The molecule has 0 amide bonds. The molecule has 0 saturated carbocycles. The van der Waals surface area contributed by atoms with Gasteiger partial charge >= 0.3 is 5.97 Å². The first kappa shape index (κ1) is 14.1. The van der Waals surface area contributed by atoms with Crippen molar-refractivity contribution in [1.29, 1.82) is 0 Å². The van der Waals surface area contributed by atoms with Crippen molar-refractivity contribution in [3.8, 4) is 0 Å². The Balaban J connectivity index is 3.40. The van der Waals surface area contributed by atoms with Crippen LogP contribution in [0.1, 0.15) is 20.3 Å². The molecule has 0 fully saturated rings. The van der Waals surface area contributed by atoms with Crippen molar-refractivity contribution in [1.82, 2.24) is 5.32 Å². The fraction of sp³-hybridized carbons (Fsp3) is 0.727. The summed E-state index contributed by atoms with van der Waals surface area (Å²) in [7, 11) is 1.38. The van der Waals surface area contributed by atoms with Crippen LogP contribution in [0.25, 0.3) is 0 Å². The summed E-state index contributed by atoms with van der Waals surface area (Å²) in [5, 5.41) is 3.19. The minimum Gasteiger partial charge on any atom is -0.466 e. The SMILES string of the molecule is CCOCCCNC/C=C(/C)C(=O)OC. The summed E-state index contributed by atoms with van der Waals surface area (Å²) in [4.78, 5) is 11.0. The third kappa shape index (κ3) is 8.15. The number of carbonyl (C=O) groups excluding carboxylic acids is 1. The number of rotatable bonds is 8. The summed E-state index contributed by atoms with van der Waals surface area (Å²) in [6, 6.07) is 0. The molecule has 0 unspecified atom stereocenters. The van der Waals surface area contributed by atoms with E-state index in [1.807, 2.05) is 13.0 Å². The zero-order valence-electron chi connectivity index (χ0n) is 9.84. The van der Waals surface area contributed by atoms with E-state index in [-0.39, 0.29) is 5.97 Å². The standard InChI is InChI=1S/C11H21NO3/c1-4-15-9-5-7-12-8-6-10(2)11(13)14-3/h6,12H,4-5,7-9H2,1-3H3/b10-6-. The lowest BCUT2D eigenvalue weighted by molar-refractivity contribution is -0.136. The fourth-order valence-corrected chi connectivity index (χ4v) is 1.02. The third-order valence-electron chi connectivity index (χ3n) is 1.91. The fourth-order valence-electron chi connectivity index (χ4n) is 1.02. The third-order valence-corrected chi connectivity index (χ3v) is 1.91. The van der Waals surface area contributed by atoms with Crippen molar-refractivity contribution in [2.24, 2.45) is 0 Å². The molecule has 4 heteroatoms. The van der Waals surface area contributed by atoms with Gasteiger partial charge in [-0.25, -0.2) is 4.79 Å². The second kappa shape index (κ2) is 9.68. The second-order valence-electron chi connectivity index (χ2n) is 3.13. The molecule has 0 rings (SSSR count). The largest absolute Gasteiger partial charge is 0.466 e. The van der Waals surface area contributed by atoms with Crippen molar-refractivity contribution in [3.63, 3.8) is 0 Å². The van der Waals surface area contributed by atoms with E-state index in [0.29, 0.717) is 12.1 Å². The van der Waals surface area contributed by atoms with Gasteiger partial charge in [-0.05, 0) is 26.8 Å². The number of hydrogen-bond donors (Lipinski definition) is 1. The Morgan fingerprint density at radius 3 is 2.80 bits per heavy atom. The Kier molecular flexibility index (Phi) is 9.11. The van der Waals surface area contributed by atoms with Crippen molar-refractivity contribution in [2.75, 3.05) is 33.4 Å². The van der Waals surface area contributed by atoms with E-state index in [4.69, 9.17) is 4.74 Å². The molecular weight excluding hydrogens is 194 g/mol. The predicted octanol–water partition coefficient (Wildman–Crippen LogP) is 1.12. The number of methoxy groups -OCH3 is 1. The number of hydrogen-bond acceptors (Lipinski definition) is 4. The molecular formula is C11H21NO3. The molecule has 0 aliphatic heterocycles. The van der Waals surface area contributed by atoms with Gasteiger partial charge in [-0.3, -0.25) is 0 Å². The van der Waals surface area contributed by atoms with E-state index in [1.165, 1.54) is 7.11 Å². The molecule has 0 heterocycles. The predicted molar refractivity (Wildman–Crippen MR) is 59.8 cm³/mol. The molecule has 88 valence electrons. The normalized spacial score (nSPS) is 11.5. The first-order chi connectivity index (χ1) is 7.22. The topological polar surface area (TPSA) is 47.6 Å². The lowest BCUT2D eigenvalue weighted by atomic mass is 10.3. The summed E-state index contributed by atoms with van der Waals surface area (Å²) in [6.07, 6.45) is 2.81. The van der Waals surface area contributed by atoms with Gasteiger partial charge in [-0.1, -0.05) is 6.08 Å². The van der Waals surface area contributed by atoms with E-state index in [2.05, 4.69) is 10.1 Å². The summed E-state index contributed by atoms with van der Waals surface area (Å²) in [6.45, 7) is 6.85. The first-order valence-corrected chi connectivity index (χ1v) is 5.25. The molecule has 0 radical (unpaired) electrons. The smallest absolute Gasteiger partial charge is 0.333 e. The van der Waals surface area contributed by atoms with Crippen LogP contribution in [0, 0.1) is 0 Å². The molecule has 15 heavy (non-hydrogen) atoms. The average Bonchev–Trinajstić information content (AvgIpc) is 2.26. The maximum atomic E-state index is 11.0. The highest BCUT2D eigenvalue weighted by Gasteiger charge is 2.00. The van der Waals surface area contributed by atoms with Crippen molar-refractivity contribution >= 4 is 5.97 Å². The Labute approximate surface area is 91.6 Å². The number of esters is 1. The quantitative estimate of drug-likeness (QED) is 0.374. The maximum Gasteiger partial charge on any atom is 0.333 e. The zero-order valence-corrected chi connectivity index (χ0v) is 9.84. The minimum absolute atomic E-state index is 0.272. The lowest BCUT2D eigenvalue weighted by Crippen LogP contribution is -2.17. The minimum atomic E-state index is -0.272. The summed E-state index contributed by atoms with van der Waals surface area (Å²) >= 11 is 0. The summed E-state index contributed by atoms with van der Waals surface area (Å²) < 4.78 is 9.75.